The van der Waals surface area contributed by atoms with Crippen molar-refractivity contribution < 1.29 is 48.9 Å². The number of carboxylic acid groups (broad SMARTS) is 2. The third-order valence-electron chi connectivity index (χ3n) is 7.00. The number of hydrogen-bond donors (Lipinski definition) is 11. The molecule has 6 atom stereocenters. The van der Waals surface area contributed by atoms with Crippen molar-refractivity contribution in [2.45, 2.75) is 82.8 Å². The Balaban J connectivity index is 2.97. The second-order valence-electron chi connectivity index (χ2n) is 11.5. The van der Waals surface area contributed by atoms with Crippen molar-refractivity contribution in [1.82, 2.24) is 26.6 Å². The number of benzene rings is 1. The summed E-state index contributed by atoms with van der Waals surface area (Å²) < 4.78 is 0. The van der Waals surface area contributed by atoms with Crippen molar-refractivity contribution in [3.05, 3.63) is 35.9 Å². The Morgan fingerprint density at radius 1 is 0.796 bits per heavy atom. The van der Waals surface area contributed by atoms with E-state index in [0.717, 1.165) is 0 Å². The summed E-state index contributed by atoms with van der Waals surface area (Å²) in [7, 11) is 0. The van der Waals surface area contributed by atoms with Gasteiger partial charge in [0.1, 0.15) is 30.2 Å². The number of carboxylic acids is 2. The van der Waals surface area contributed by atoms with Gasteiger partial charge in [-0.25, -0.2) is 4.79 Å². The van der Waals surface area contributed by atoms with Crippen LogP contribution < -0.4 is 43.8 Å². The van der Waals surface area contributed by atoms with Gasteiger partial charge in [0.05, 0.1) is 19.1 Å². The summed E-state index contributed by atoms with van der Waals surface area (Å²) in [5.41, 5.74) is 16.9. The predicted octanol–water partition coefficient (Wildman–Crippen LogP) is -3.74. The lowest BCUT2D eigenvalue weighted by Crippen LogP contribution is -2.58. The lowest BCUT2D eigenvalue weighted by atomic mass is 10.0. The van der Waals surface area contributed by atoms with Gasteiger partial charge in [-0.3, -0.25) is 33.8 Å². The van der Waals surface area contributed by atoms with Crippen LogP contribution in [0, 0.1) is 5.92 Å². The van der Waals surface area contributed by atoms with Crippen LogP contribution in [0.25, 0.3) is 0 Å². The van der Waals surface area contributed by atoms with Gasteiger partial charge in [0.15, 0.2) is 5.96 Å². The van der Waals surface area contributed by atoms with Crippen LogP contribution in [-0.2, 0) is 40.0 Å². The van der Waals surface area contributed by atoms with Crippen molar-refractivity contribution >= 4 is 47.4 Å². The normalized spacial score (nSPS) is 14.5. The number of hydrogen-bond acceptors (Lipinski definition) is 10. The summed E-state index contributed by atoms with van der Waals surface area (Å²) >= 11 is 0. The van der Waals surface area contributed by atoms with E-state index in [4.69, 9.17) is 17.2 Å². The van der Waals surface area contributed by atoms with E-state index in [-0.39, 0.29) is 31.8 Å². The molecular weight excluding hydrogens is 646 g/mol. The number of rotatable bonds is 21. The van der Waals surface area contributed by atoms with E-state index in [1.807, 2.05) is 0 Å². The Kier molecular flexibility index (Phi) is 17.7. The number of nitrogens with zero attached hydrogens (tertiary/aromatic N) is 1. The Hall–Kier alpha value is -5.30. The first kappa shape index (κ1) is 41.7. The highest BCUT2D eigenvalue weighted by atomic mass is 16.4. The van der Waals surface area contributed by atoms with Crippen LogP contribution in [0.1, 0.15) is 45.6 Å². The summed E-state index contributed by atoms with van der Waals surface area (Å²) in [4.78, 5) is 91.4. The Morgan fingerprint density at radius 3 is 1.94 bits per heavy atom. The summed E-state index contributed by atoms with van der Waals surface area (Å²) in [6.45, 7) is 3.77. The monoisotopic (exact) mass is 693 g/mol. The number of aliphatic carboxylic acids is 2. The van der Waals surface area contributed by atoms with Crippen molar-refractivity contribution in [2.75, 3.05) is 13.1 Å². The molecule has 0 saturated carbocycles. The molecular formula is C30H47N9O10. The lowest BCUT2D eigenvalue weighted by molar-refractivity contribution is -0.143. The third-order valence-corrected chi connectivity index (χ3v) is 7.00. The number of carbonyl (C=O) groups excluding carboxylic acids is 5. The van der Waals surface area contributed by atoms with Gasteiger partial charge in [0.25, 0.3) is 0 Å². The smallest absolute Gasteiger partial charge is 0.326 e. The molecule has 0 spiro atoms. The molecule has 0 fully saturated rings. The van der Waals surface area contributed by atoms with Gasteiger partial charge in [-0.1, -0.05) is 44.2 Å². The van der Waals surface area contributed by atoms with E-state index in [1.165, 1.54) is 6.92 Å². The van der Waals surface area contributed by atoms with Crippen LogP contribution in [-0.4, -0.2) is 112 Å². The zero-order valence-electron chi connectivity index (χ0n) is 27.5. The fourth-order valence-corrected chi connectivity index (χ4v) is 4.28. The van der Waals surface area contributed by atoms with E-state index >= 15 is 0 Å². The van der Waals surface area contributed by atoms with Crippen molar-refractivity contribution in [3.63, 3.8) is 0 Å². The van der Waals surface area contributed by atoms with Gasteiger partial charge in [0.2, 0.25) is 29.5 Å². The number of aliphatic hydroxyl groups is 1. The average molecular weight is 694 g/mol. The molecule has 14 N–H and O–H groups in total. The zero-order valence-corrected chi connectivity index (χ0v) is 27.5. The van der Waals surface area contributed by atoms with Crippen LogP contribution in [0.5, 0.6) is 0 Å². The highest BCUT2D eigenvalue weighted by molar-refractivity contribution is 5.96. The van der Waals surface area contributed by atoms with Gasteiger partial charge in [-0.15, -0.1) is 0 Å². The van der Waals surface area contributed by atoms with E-state index < -0.39 is 96.7 Å². The van der Waals surface area contributed by atoms with Gasteiger partial charge >= 0.3 is 11.9 Å². The first-order chi connectivity index (χ1) is 22.9. The van der Waals surface area contributed by atoms with Crippen molar-refractivity contribution in [3.8, 4) is 0 Å². The fraction of sp³-hybridized carbons (Fsp3) is 0.533. The third kappa shape index (κ3) is 15.9. The first-order valence-corrected chi connectivity index (χ1v) is 15.4. The highest BCUT2D eigenvalue weighted by Crippen LogP contribution is 2.08. The average Bonchev–Trinajstić information content (AvgIpc) is 3.02. The molecule has 0 aliphatic heterocycles. The highest BCUT2D eigenvalue weighted by Gasteiger charge is 2.33. The SMILES string of the molecule is CC(C)[C@H](NC(=O)[C@H](CC(=O)O)NC(=O)CNC(=O)[C@H](CCCN=C(N)N)NC(=O)[C@@H](N)[C@@H](C)O)C(=O)N[C@@H](Cc1ccccc1)C(=O)O. The second kappa shape index (κ2) is 20.8. The molecule has 0 bridgehead atoms. The van der Waals surface area contributed by atoms with E-state index in [2.05, 4.69) is 31.6 Å². The number of aliphatic imine (C=N–C) groups is 1. The molecule has 1 rings (SSSR count). The summed E-state index contributed by atoms with van der Waals surface area (Å²) in [6.07, 6.45) is -1.96. The maximum absolute atomic E-state index is 13.1. The number of guanidine groups is 1. The molecule has 19 heteroatoms. The van der Waals surface area contributed by atoms with Gasteiger partial charge in [0, 0.05) is 13.0 Å². The maximum atomic E-state index is 13.1. The molecule has 0 aliphatic rings. The molecule has 0 unspecified atom stereocenters. The number of carbonyl (C=O) groups is 7. The molecule has 1 aromatic carbocycles. The Morgan fingerprint density at radius 2 is 1.41 bits per heavy atom. The van der Waals surface area contributed by atoms with Crippen molar-refractivity contribution in [2.24, 2.45) is 28.1 Å². The largest absolute Gasteiger partial charge is 0.481 e. The molecule has 0 heterocycles. The molecule has 0 saturated heterocycles. The number of amides is 5. The van der Waals surface area contributed by atoms with Crippen LogP contribution in [0.4, 0.5) is 0 Å². The van der Waals surface area contributed by atoms with Crippen LogP contribution >= 0.6 is 0 Å². The lowest BCUT2D eigenvalue weighted by Gasteiger charge is -2.26. The van der Waals surface area contributed by atoms with Crippen LogP contribution in [0.15, 0.2) is 35.3 Å². The summed E-state index contributed by atoms with van der Waals surface area (Å²) in [5.74, 6) is -8.14. The molecule has 19 nitrogen and oxygen atoms in total. The molecule has 1 aromatic rings. The fourth-order valence-electron chi connectivity index (χ4n) is 4.28. The minimum Gasteiger partial charge on any atom is -0.481 e. The first-order valence-electron chi connectivity index (χ1n) is 15.4. The van der Waals surface area contributed by atoms with Gasteiger partial charge in [-0.05, 0) is 31.2 Å². The quantitative estimate of drug-likeness (QED) is 0.0335. The Labute approximate surface area is 282 Å². The Bertz CT molecular complexity index is 1340. The predicted molar refractivity (Wildman–Crippen MR) is 175 cm³/mol. The minimum atomic E-state index is -1.70. The molecule has 0 aliphatic carbocycles. The van der Waals surface area contributed by atoms with E-state index in [1.54, 1.807) is 44.2 Å². The number of aliphatic hydroxyl groups excluding tert-OH is 1. The number of nitrogens with two attached hydrogens (primary N) is 3. The maximum Gasteiger partial charge on any atom is 0.326 e. The standard InChI is InChI=1S/C30H47N9O10/c1-15(2)24(28(47)38-20(29(48)49)12-17-8-5-4-6-9-17)39-26(45)19(13-22(42)43)36-21(41)14-35-25(44)18(10-7-11-34-30(32)33)37-27(46)23(31)16(3)40/h4-6,8-9,15-16,18-20,23-24,40H,7,10-14,31H2,1-3H3,(H,35,44)(H,36,41)(H,37,46)(H,38,47)(H,39,45)(H,42,43)(H,48,49)(H4,32,33,34)/t16-,18+,19+,20+,23+,24+/m1/s1. The molecule has 272 valence electrons. The summed E-state index contributed by atoms with van der Waals surface area (Å²) in [5, 5.41) is 40.3. The van der Waals surface area contributed by atoms with Gasteiger partial charge in [-0.2, -0.15) is 0 Å². The van der Waals surface area contributed by atoms with E-state index in [0.29, 0.717) is 5.56 Å². The zero-order chi connectivity index (χ0) is 37.3. The molecule has 0 aromatic heterocycles. The van der Waals surface area contributed by atoms with Crippen LogP contribution in [0.2, 0.25) is 0 Å². The summed E-state index contributed by atoms with van der Waals surface area (Å²) in [6, 6.07) is 1.58. The molecule has 5 amide bonds. The minimum absolute atomic E-state index is 0.000708. The molecule has 0 radical (unpaired) electrons. The number of nitrogens with one attached hydrogen (secondary N) is 5. The molecule has 49 heavy (non-hydrogen) atoms. The topological polar surface area (TPSA) is 331 Å². The van der Waals surface area contributed by atoms with Crippen LogP contribution in [0.3, 0.4) is 0 Å². The second-order valence-corrected chi connectivity index (χ2v) is 11.5. The van der Waals surface area contributed by atoms with E-state index in [9.17, 15) is 48.9 Å². The van der Waals surface area contributed by atoms with Crippen molar-refractivity contribution in [1.29, 1.82) is 0 Å². The van der Waals surface area contributed by atoms with Gasteiger partial charge < -0.3 is 59.1 Å².